The maximum Gasteiger partial charge on any atom is 0.418 e. The summed E-state index contributed by atoms with van der Waals surface area (Å²) < 4.78 is 39.7. The van der Waals surface area contributed by atoms with Gasteiger partial charge in [-0.05, 0) is 24.3 Å². The minimum Gasteiger partial charge on any atom is -0.334 e. The van der Waals surface area contributed by atoms with E-state index >= 15 is 0 Å². The fourth-order valence-corrected chi connectivity index (χ4v) is 2.87. The number of para-hydroxylation sites is 1. The standard InChI is InChI=1S/C18H11ClF3N7O5/c19-11-6-5-9(7-13(11)28(31)32)17(30)27-26-16-14(29(33)34)15(23-8-24-16)25-12-4-2-1-3-10(12)18(20,21)22/h1-8H,(H,27,30)(H2,23,24,25,26). The Morgan fingerprint density at radius 3 is 2.32 bits per heavy atom. The second-order valence-corrected chi connectivity index (χ2v) is 6.75. The summed E-state index contributed by atoms with van der Waals surface area (Å²) in [6, 6.07) is 7.43. The first-order valence-electron chi connectivity index (χ1n) is 8.92. The molecule has 0 bridgehead atoms. The maximum absolute atomic E-state index is 13.2. The van der Waals surface area contributed by atoms with Gasteiger partial charge in [-0.15, -0.1) is 0 Å². The third kappa shape index (κ3) is 5.26. The van der Waals surface area contributed by atoms with Gasteiger partial charge in [-0.25, -0.2) is 9.97 Å². The Morgan fingerprint density at radius 1 is 1.00 bits per heavy atom. The van der Waals surface area contributed by atoms with E-state index in [-0.39, 0.29) is 10.6 Å². The van der Waals surface area contributed by atoms with Crippen LogP contribution in [0.2, 0.25) is 5.02 Å². The number of anilines is 3. The highest BCUT2D eigenvalue weighted by atomic mass is 35.5. The Hall–Kier alpha value is -4.53. The van der Waals surface area contributed by atoms with Crippen molar-refractivity contribution in [2.75, 3.05) is 10.7 Å². The molecule has 3 rings (SSSR count). The van der Waals surface area contributed by atoms with E-state index in [4.69, 9.17) is 11.6 Å². The lowest BCUT2D eigenvalue weighted by Crippen LogP contribution is -2.30. The number of nitrogens with one attached hydrogen (secondary N) is 3. The highest BCUT2D eigenvalue weighted by Gasteiger charge is 2.34. The van der Waals surface area contributed by atoms with E-state index < -0.39 is 56.2 Å². The molecule has 2 aromatic carbocycles. The zero-order chi connectivity index (χ0) is 25.0. The van der Waals surface area contributed by atoms with Gasteiger partial charge in [-0.1, -0.05) is 23.7 Å². The molecule has 3 N–H and O–H groups in total. The number of hydrogen-bond donors (Lipinski definition) is 3. The van der Waals surface area contributed by atoms with Gasteiger partial charge in [-0.3, -0.25) is 35.9 Å². The zero-order valence-electron chi connectivity index (χ0n) is 16.5. The molecule has 0 unspecified atom stereocenters. The number of alkyl halides is 3. The molecule has 12 nitrogen and oxygen atoms in total. The molecular weight excluding hydrogens is 487 g/mol. The Kier molecular flexibility index (Phi) is 6.76. The van der Waals surface area contributed by atoms with Crippen molar-refractivity contribution in [3.05, 3.63) is 85.2 Å². The molecule has 1 amide bonds. The lowest BCUT2D eigenvalue weighted by molar-refractivity contribution is -0.384. The van der Waals surface area contributed by atoms with Crippen molar-refractivity contribution < 1.29 is 27.8 Å². The number of carbonyl (C=O) groups excluding carboxylic acids is 1. The van der Waals surface area contributed by atoms with Crippen LogP contribution >= 0.6 is 11.6 Å². The first kappa shape index (κ1) is 24.1. The number of nitro benzene ring substituents is 1. The smallest absolute Gasteiger partial charge is 0.334 e. The summed E-state index contributed by atoms with van der Waals surface area (Å²) in [6.07, 6.45) is -3.94. The van der Waals surface area contributed by atoms with Crippen LogP contribution in [0.1, 0.15) is 15.9 Å². The number of aromatic nitrogens is 2. The number of nitro groups is 2. The molecule has 0 spiro atoms. The van der Waals surface area contributed by atoms with Crippen molar-refractivity contribution in [2.45, 2.75) is 6.18 Å². The summed E-state index contributed by atoms with van der Waals surface area (Å²) >= 11 is 5.69. The minimum absolute atomic E-state index is 0.210. The van der Waals surface area contributed by atoms with Crippen molar-refractivity contribution in [2.24, 2.45) is 0 Å². The Labute approximate surface area is 192 Å². The summed E-state index contributed by atoms with van der Waals surface area (Å²) in [5.41, 5.74) is 1.02. The number of carbonyl (C=O) groups is 1. The van der Waals surface area contributed by atoms with Crippen LogP contribution in [-0.4, -0.2) is 25.7 Å². The molecule has 176 valence electrons. The van der Waals surface area contributed by atoms with Crippen LogP contribution in [0.5, 0.6) is 0 Å². The van der Waals surface area contributed by atoms with Crippen molar-refractivity contribution in [3.63, 3.8) is 0 Å². The zero-order valence-corrected chi connectivity index (χ0v) is 17.2. The van der Waals surface area contributed by atoms with Gasteiger partial charge in [0.05, 0.1) is 21.1 Å². The molecule has 0 saturated carbocycles. The first-order chi connectivity index (χ1) is 16.0. The third-order valence-electron chi connectivity index (χ3n) is 4.19. The summed E-state index contributed by atoms with van der Waals surface area (Å²) in [6.45, 7) is 0. The maximum atomic E-state index is 13.2. The predicted octanol–water partition coefficient (Wildman–Crippen LogP) is 4.47. The lowest BCUT2D eigenvalue weighted by Gasteiger charge is -2.15. The van der Waals surface area contributed by atoms with Gasteiger partial charge in [0.15, 0.2) is 0 Å². The third-order valence-corrected chi connectivity index (χ3v) is 4.51. The van der Waals surface area contributed by atoms with Crippen LogP contribution in [0.3, 0.4) is 0 Å². The van der Waals surface area contributed by atoms with Crippen LogP contribution in [-0.2, 0) is 6.18 Å². The highest BCUT2D eigenvalue weighted by molar-refractivity contribution is 6.32. The molecule has 1 heterocycles. The second-order valence-electron chi connectivity index (χ2n) is 6.35. The Balaban J connectivity index is 1.88. The van der Waals surface area contributed by atoms with Crippen molar-refractivity contribution in [3.8, 4) is 0 Å². The van der Waals surface area contributed by atoms with Gasteiger partial charge in [0.25, 0.3) is 11.6 Å². The summed E-state index contributed by atoms with van der Waals surface area (Å²) in [5.74, 6) is -2.09. The highest BCUT2D eigenvalue weighted by Crippen LogP contribution is 2.38. The summed E-state index contributed by atoms with van der Waals surface area (Å²) in [7, 11) is 0. The van der Waals surface area contributed by atoms with E-state index in [1.807, 2.05) is 0 Å². The molecule has 16 heteroatoms. The van der Waals surface area contributed by atoms with Crippen molar-refractivity contribution in [1.29, 1.82) is 0 Å². The molecule has 34 heavy (non-hydrogen) atoms. The summed E-state index contributed by atoms with van der Waals surface area (Å²) in [4.78, 5) is 40.4. The number of rotatable bonds is 7. The number of nitrogens with zero attached hydrogens (tertiary/aromatic N) is 4. The van der Waals surface area contributed by atoms with E-state index in [9.17, 15) is 38.2 Å². The van der Waals surface area contributed by atoms with E-state index in [0.29, 0.717) is 0 Å². The fraction of sp³-hybridized carbons (Fsp3) is 0.0556. The molecule has 3 aromatic rings. The molecule has 0 radical (unpaired) electrons. The Bertz CT molecular complexity index is 1290. The molecular formula is C18H11ClF3N7O5. The van der Waals surface area contributed by atoms with Crippen LogP contribution in [0, 0.1) is 20.2 Å². The van der Waals surface area contributed by atoms with Gasteiger partial charge in [0, 0.05) is 11.6 Å². The minimum atomic E-state index is -4.75. The normalized spacial score (nSPS) is 10.9. The Morgan fingerprint density at radius 2 is 1.68 bits per heavy atom. The SMILES string of the molecule is O=C(NNc1ncnc(Nc2ccccc2C(F)(F)F)c1[N+](=O)[O-])c1ccc(Cl)c([N+](=O)[O-])c1. The van der Waals surface area contributed by atoms with Gasteiger partial charge >= 0.3 is 11.9 Å². The van der Waals surface area contributed by atoms with E-state index in [2.05, 4.69) is 26.1 Å². The second kappa shape index (κ2) is 9.53. The van der Waals surface area contributed by atoms with Gasteiger partial charge in [0.1, 0.15) is 11.3 Å². The van der Waals surface area contributed by atoms with E-state index in [1.54, 1.807) is 0 Å². The molecule has 0 saturated heterocycles. The quantitative estimate of drug-likeness (QED) is 0.315. The monoisotopic (exact) mass is 497 g/mol. The van der Waals surface area contributed by atoms with Gasteiger partial charge in [-0.2, -0.15) is 13.2 Å². The van der Waals surface area contributed by atoms with Gasteiger partial charge in [0.2, 0.25) is 11.6 Å². The van der Waals surface area contributed by atoms with Gasteiger partial charge < -0.3 is 5.32 Å². The fourth-order valence-electron chi connectivity index (χ4n) is 2.68. The van der Waals surface area contributed by atoms with E-state index in [1.165, 1.54) is 12.1 Å². The van der Waals surface area contributed by atoms with Crippen LogP contribution in [0.25, 0.3) is 0 Å². The van der Waals surface area contributed by atoms with Crippen molar-refractivity contribution in [1.82, 2.24) is 15.4 Å². The molecule has 0 aliphatic carbocycles. The number of hydrogen-bond acceptors (Lipinski definition) is 9. The summed E-state index contributed by atoms with van der Waals surface area (Å²) in [5, 5.41) is 24.6. The number of hydrazine groups is 1. The molecule has 0 fully saturated rings. The topological polar surface area (TPSA) is 165 Å². The van der Waals surface area contributed by atoms with E-state index in [0.717, 1.165) is 36.7 Å². The van der Waals surface area contributed by atoms with Crippen LogP contribution < -0.4 is 16.2 Å². The number of halogens is 4. The number of benzene rings is 2. The largest absolute Gasteiger partial charge is 0.418 e. The average Bonchev–Trinajstić information content (AvgIpc) is 2.77. The molecule has 0 aliphatic rings. The molecule has 0 atom stereocenters. The molecule has 1 aromatic heterocycles. The molecule has 0 aliphatic heterocycles. The lowest BCUT2D eigenvalue weighted by atomic mass is 10.1. The first-order valence-corrected chi connectivity index (χ1v) is 9.29. The van der Waals surface area contributed by atoms with Crippen LogP contribution in [0.4, 0.5) is 41.9 Å². The average molecular weight is 498 g/mol. The van der Waals surface area contributed by atoms with Crippen LogP contribution in [0.15, 0.2) is 48.8 Å². The number of amides is 1. The predicted molar refractivity (Wildman–Crippen MR) is 113 cm³/mol. The van der Waals surface area contributed by atoms with Crippen molar-refractivity contribution >= 4 is 46.2 Å².